The lowest BCUT2D eigenvalue weighted by Gasteiger charge is -2.49. The molecule has 1 fully saturated rings. The number of carbonyl (C=O) groups excluding carboxylic acids is 1. The fourth-order valence-electron chi connectivity index (χ4n) is 2.34. The molecule has 1 saturated carbocycles. The second-order valence-electron chi connectivity index (χ2n) is 5.40. The molecule has 0 radical (unpaired) electrons. The Kier molecular flexibility index (Phi) is 4.95. The van der Waals surface area contributed by atoms with Crippen molar-refractivity contribution in [2.45, 2.75) is 52.7 Å². The molecule has 0 aromatic heterocycles. The van der Waals surface area contributed by atoms with Crippen LogP contribution in [0.3, 0.4) is 0 Å². The predicted octanol–water partition coefficient (Wildman–Crippen LogP) is 0.994. The molecule has 0 aromatic rings. The number of hydrogen-bond acceptors (Lipinski definition) is 3. The zero-order valence-electron chi connectivity index (χ0n) is 11.5. The van der Waals surface area contributed by atoms with Crippen molar-refractivity contribution in [1.82, 2.24) is 10.2 Å². The Morgan fingerprint density at radius 3 is 2.41 bits per heavy atom. The van der Waals surface area contributed by atoms with Gasteiger partial charge in [0.05, 0.1) is 6.10 Å². The van der Waals surface area contributed by atoms with Gasteiger partial charge in [0.2, 0.25) is 5.91 Å². The first-order valence-corrected chi connectivity index (χ1v) is 6.62. The molecule has 4 nitrogen and oxygen atoms in total. The highest BCUT2D eigenvalue weighted by molar-refractivity contribution is 5.76. The molecule has 1 amide bonds. The molecule has 0 bridgehead atoms. The van der Waals surface area contributed by atoms with E-state index in [4.69, 9.17) is 0 Å². The average Bonchev–Trinajstić information content (AvgIpc) is 2.29. The lowest BCUT2D eigenvalue weighted by molar-refractivity contribution is -0.131. The van der Waals surface area contributed by atoms with Gasteiger partial charge in [0.1, 0.15) is 0 Å². The highest BCUT2D eigenvalue weighted by Gasteiger charge is 2.46. The Morgan fingerprint density at radius 1 is 1.41 bits per heavy atom. The van der Waals surface area contributed by atoms with Crippen molar-refractivity contribution in [1.29, 1.82) is 0 Å². The summed E-state index contributed by atoms with van der Waals surface area (Å²) in [7, 11) is 0. The summed E-state index contributed by atoms with van der Waals surface area (Å²) in [6, 6.07) is 0.335. The number of nitrogens with one attached hydrogen (secondary N) is 1. The number of amides is 1. The minimum Gasteiger partial charge on any atom is -0.392 e. The number of nitrogens with zero attached hydrogens (tertiary/aromatic N) is 1. The van der Waals surface area contributed by atoms with Gasteiger partial charge in [-0.1, -0.05) is 13.8 Å². The van der Waals surface area contributed by atoms with E-state index >= 15 is 0 Å². The number of aliphatic hydroxyl groups is 1. The number of aliphatic hydroxyl groups excluding tert-OH is 1. The molecule has 0 aromatic carbocycles. The molecule has 2 N–H and O–H groups in total. The van der Waals surface area contributed by atoms with Gasteiger partial charge in [-0.3, -0.25) is 4.79 Å². The average molecular weight is 242 g/mol. The molecule has 0 aliphatic heterocycles. The molecule has 1 aliphatic rings. The van der Waals surface area contributed by atoms with E-state index < -0.39 is 0 Å². The summed E-state index contributed by atoms with van der Waals surface area (Å²) in [5.41, 5.74) is -0.0573. The molecule has 17 heavy (non-hydrogen) atoms. The Balaban J connectivity index is 2.23. The van der Waals surface area contributed by atoms with Crippen molar-refractivity contribution in [2.24, 2.45) is 5.41 Å². The minimum absolute atomic E-state index is 0.0573. The quantitative estimate of drug-likeness (QED) is 0.730. The van der Waals surface area contributed by atoms with Crippen LogP contribution in [0.4, 0.5) is 0 Å². The van der Waals surface area contributed by atoms with Gasteiger partial charge in [0.25, 0.3) is 0 Å². The number of hydrogen-bond donors (Lipinski definition) is 2. The van der Waals surface area contributed by atoms with Gasteiger partial charge in [-0.15, -0.1) is 0 Å². The second kappa shape index (κ2) is 5.83. The maximum absolute atomic E-state index is 11.8. The number of carbonyl (C=O) groups is 1. The van der Waals surface area contributed by atoms with E-state index in [-0.39, 0.29) is 17.4 Å². The summed E-state index contributed by atoms with van der Waals surface area (Å²) in [5, 5.41) is 13.0. The van der Waals surface area contributed by atoms with E-state index in [0.29, 0.717) is 19.0 Å². The first-order chi connectivity index (χ1) is 7.93. The lowest BCUT2D eigenvalue weighted by Crippen LogP contribution is -2.60. The third-order valence-electron chi connectivity index (χ3n) is 4.06. The van der Waals surface area contributed by atoms with Gasteiger partial charge in [-0.05, 0) is 20.3 Å². The van der Waals surface area contributed by atoms with Gasteiger partial charge in [0.15, 0.2) is 0 Å². The first kappa shape index (κ1) is 14.5. The Labute approximate surface area is 104 Å². The van der Waals surface area contributed by atoms with Gasteiger partial charge >= 0.3 is 0 Å². The molecule has 1 aliphatic carbocycles. The lowest BCUT2D eigenvalue weighted by atomic mass is 9.64. The predicted molar refractivity (Wildman–Crippen MR) is 68.7 cm³/mol. The second-order valence-corrected chi connectivity index (χ2v) is 5.40. The Hall–Kier alpha value is -0.610. The van der Waals surface area contributed by atoms with Crippen LogP contribution in [0.2, 0.25) is 0 Å². The summed E-state index contributed by atoms with van der Waals surface area (Å²) in [4.78, 5) is 13.6. The molecule has 0 saturated heterocycles. The molecule has 1 rings (SSSR count). The maximum atomic E-state index is 11.8. The van der Waals surface area contributed by atoms with Crippen LogP contribution in [0.5, 0.6) is 0 Å². The van der Waals surface area contributed by atoms with Gasteiger partial charge < -0.3 is 15.3 Å². The third kappa shape index (κ3) is 3.19. The summed E-state index contributed by atoms with van der Waals surface area (Å²) in [6.45, 7) is 10.4. The van der Waals surface area contributed by atoms with Gasteiger partial charge in [-0.25, -0.2) is 0 Å². The summed E-state index contributed by atoms with van der Waals surface area (Å²) < 4.78 is 0. The van der Waals surface area contributed by atoms with Crippen LogP contribution in [-0.4, -0.2) is 47.7 Å². The van der Waals surface area contributed by atoms with Crippen molar-refractivity contribution in [2.75, 3.05) is 19.6 Å². The van der Waals surface area contributed by atoms with Gasteiger partial charge in [-0.2, -0.15) is 0 Å². The first-order valence-electron chi connectivity index (χ1n) is 6.62. The standard InChI is InChI=1S/C13H26N2O2/c1-5-15(6-2)12(17)7-8-14-10-9-11(16)13(10,3)4/h10-11,14,16H,5-9H2,1-4H3. The normalized spacial score (nSPS) is 26.4. The molecular weight excluding hydrogens is 216 g/mol. The van der Waals surface area contributed by atoms with Crippen LogP contribution in [0.25, 0.3) is 0 Å². The van der Waals surface area contributed by atoms with E-state index in [9.17, 15) is 9.90 Å². The summed E-state index contributed by atoms with van der Waals surface area (Å²) in [6.07, 6.45) is 1.13. The third-order valence-corrected chi connectivity index (χ3v) is 4.06. The molecule has 100 valence electrons. The van der Waals surface area contributed by atoms with Crippen LogP contribution < -0.4 is 5.32 Å². The minimum atomic E-state index is -0.210. The Bertz CT molecular complexity index is 262. The van der Waals surface area contributed by atoms with Crippen molar-refractivity contribution < 1.29 is 9.90 Å². The fourth-order valence-corrected chi connectivity index (χ4v) is 2.34. The van der Waals surface area contributed by atoms with Crippen LogP contribution in [0, 0.1) is 5.41 Å². The van der Waals surface area contributed by atoms with E-state index in [0.717, 1.165) is 19.5 Å². The molecule has 4 heteroatoms. The highest BCUT2D eigenvalue weighted by atomic mass is 16.3. The van der Waals surface area contributed by atoms with Crippen molar-refractivity contribution in [3.05, 3.63) is 0 Å². The zero-order chi connectivity index (χ0) is 13.1. The monoisotopic (exact) mass is 242 g/mol. The van der Waals surface area contributed by atoms with E-state index in [2.05, 4.69) is 19.2 Å². The van der Waals surface area contributed by atoms with E-state index in [1.165, 1.54) is 0 Å². The molecule has 2 unspecified atom stereocenters. The fraction of sp³-hybridized carbons (Fsp3) is 0.923. The Morgan fingerprint density at radius 2 is 2.00 bits per heavy atom. The summed E-state index contributed by atoms with van der Waals surface area (Å²) >= 11 is 0. The summed E-state index contributed by atoms with van der Waals surface area (Å²) in [5.74, 6) is 0.208. The maximum Gasteiger partial charge on any atom is 0.223 e. The van der Waals surface area contributed by atoms with Crippen LogP contribution in [0.15, 0.2) is 0 Å². The SMILES string of the molecule is CCN(CC)C(=O)CCNC1CC(O)C1(C)C. The van der Waals surface area contributed by atoms with Crippen molar-refractivity contribution in [3.63, 3.8) is 0 Å². The van der Waals surface area contributed by atoms with E-state index in [1.54, 1.807) is 0 Å². The molecular formula is C13H26N2O2. The topological polar surface area (TPSA) is 52.6 Å². The molecule has 2 atom stereocenters. The van der Waals surface area contributed by atoms with E-state index in [1.807, 2.05) is 18.7 Å². The van der Waals surface area contributed by atoms with Crippen LogP contribution in [0.1, 0.15) is 40.5 Å². The number of rotatable bonds is 6. The zero-order valence-corrected chi connectivity index (χ0v) is 11.5. The van der Waals surface area contributed by atoms with Crippen LogP contribution in [-0.2, 0) is 4.79 Å². The molecule has 0 heterocycles. The van der Waals surface area contributed by atoms with Crippen LogP contribution >= 0.6 is 0 Å². The highest BCUT2D eigenvalue weighted by Crippen LogP contribution is 2.40. The largest absolute Gasteiger partial charge is 0.392 e. The van der Waals surface area contributed by atoms with Crippen molar-refractivity contribution in [3.8, 4) is 0 Å². The van der Waals surface area contributed by atoms with Gasteiger partial charge in [0, 0.05) is 37.5 Å². The van der Waals surface area contributed by atoms with Crippen molar-refractivity contribution >= 4 is 5.91 Å². The smallest absolute Gasteiger partial charge is 0.223 e. The molecule has 0 spiro atoms.